The highest BCUT2D eigenvalue weighted by atomic mass is 16.5. The summed E-state index contributed by atoms with van der Waals surface area (Å²) in [5, 5.41) is 9.80. The van der Waals surface area contributed by atoms with Crippen LogP contribution in [0.5, 0.6) is 11.5 Å². The molecule has 2 rings (SSSR count). The summed E-state index contributed by atoms with van der Waals surface area (Å²) >= 11 is 0. The van der Waals surface area contributed by atoms with Crippen LogP contribution in [0.4, 0.5) is 0 Å². The molecule has 20 heavy (non-hydrogen) atoms. The minimum absolute atomic E-state index is 0.193. The molecule has 1 saturated heterocycles. The number of phenols is 1. The number of aromatic hydroxyl groups is 1. The highest BCUT2D eigenvalue weighted by molar-refractivity contribution is 5.43. The molecule has 4 nitrogen and oxygen atoms in total. The highest BCUT2D eigenvalue weighted by Gasteiger charge is 2.24. The van der Waals surface area contributed by atoms with Crippen molar-refractivity contribution in [3.05, 3.63) is 23.8 Å². The number of piperidine rings is 1. The zero-order valence-corrected chi connectivity index (χ0v) is 12.5. The summed E-state index contributed by atoms with van der Waals surface area (Å²) in [6.07, 6.45) is 2.46. The van der Waals surface area contributed by atoms with Crippen LogP contribution in [0.25, 0.3) is 0 Å². The molecule has 0 spiro atoms. The lowest BCUT2D eigenvalue weighted by Gasteiger charge is -2.36. The van der Waals surface area contributed by atoms with Gasteiger partial charge in [-0.2, -0.15) is 0 Å². The molecule has 0 bridgehead atoms. The van der Waals surface area contributed by atoms with Crippen molar-refractivity contribution in [1.29, 1.82) is 0 Å². The van der Waals surface area contributed by atoms with E-state index >= 15 is 0 Å². The van der Waals surface area contributed by atoms with Crippen molar-refractivity contribution < 1.29 is 9.84 Å². The van der Waals surface area contributed by atoms with E-state index in [1.54, 1.807) is 6.07 Å². The van der Waals surface area contributed by atoms with Crippen LogP contribution in [0.15, 0.2) is 18.2 Å². The second kappa shape index (κ2) is 6.95. The van der Waals surface area contributed by atoms with Gasteiger partial charge in [-0.25, -0.2) is 0 Å². The van der Waals surface area contributed by atoms with Gasteiger partial charge in [0, 0.05) is 12.6 Å². The maximum atomic E-state index is 9.80. The molecule has 0 radical (unpaired) electrons. The van der Waals surface area contributed by atoms with Gasteiger partial charge in [0.25, 0.3) is 0 Å². The van der Waals surface area contributed by atoms with Gasteiger partial charge in [-0.15, -0.1) is 0 Å². The normalized spacial score (nSPS) is 18.9. The van der Waals surface area contributed by atoms with Crippen LogP contribution in [-0.2, 0) is 0 Å². The Labute approximate surface area is 121 Å². The van der Waals surface area contributed by atoms with Gasteiger partial charge < -0.3 is 15.6 Å². The number of nitrogens with two attached hydrogens (primary N) is 1. The third-order valence-corrected chi connectivity index (χ3v) is 4.15. The molecule has 0 aliphatic carbocycles. The maximum Gasteiger partial charge on any atom is 0.161 e. The quantitative estimate of drug-likeness (QED) is 0.869. The Bertz CT molecular complexity index is 428. The number of hydrogen-bond donors (Lipinski definition) is 2. The largest absolute Gasteiger partial charge is 0.504 e. The van der Waals surface area contributed by atoms with E-state index in [-0.39, 0.29) is 11.8 Å². The monoisotopic (exact) mass is 278 g/mol. The molecule has 1 unspecified atom stereocenters. The van der Waals surface area contributed by atoms with Crippen LogP contribution >= 0.6 is 0 Å². The summed E-state index contributed by atoms with van der Waals surface area (Å²) in [4.78, 5) is 2.45. The van der Waals surface area contributed by atoms with Crippen LogP contribution in [0.3, 0.4) is 0 Å². The van der Waals surface area contributed by atoms with E-state index in [9.17, 15) is 5.11 Å². The van der Waals surface area contributed by atoms with Gasteiger partial charge in [0.2, 0.25) is 0 Å². The SMILES string of the molecule is CCOc1cc(C(CN)N2CCC(C)CC2)ccc1O. The Morgan fingerprint density at radius 1 is 1.40 bits per heavy atom. The Morgan fingerprint density at radius 2 is 2.10 bits per heavy atom. The summed E-state index contributed by atoms with van der Waals surface area (Å²) in [6, 6.07) is 5.79. The lowest BCUT2D eigenvalue weighted by Crippen LogP contribution is -2.39. The molecule has 1 heterocycles. The first-order valence-electron chi connectivity index (χ1n) is 7.55. The Morgan fingerprint density at radius 3 is 2.70 bits per heavy atom. The zero-order chi connectivity index (χ0) is 14.5. The number of nitrogens with zero attached hydrogens (tertiary/aromatic N) is 1. The first kappa shape index (κ1) is 15.1. The lowest BCUT2D eigenvalue weighted by atomic mass is 9.95. The number of phenolic OH excluding ortho intramolecular Hbond substituents is 1. The van der Waals surface area contributed by atoms with Crippen molar-refractivity contribution >= 4 is 0 Å². The van der Waals surface area contributed by atoms with Crippen molar-refractivity contribution in [2.75, 3.05) is 26.2 Å². The predicted octanol–water partition coefficient (Wildman–Crippen LogP) is 2.52. The van der Waals surface area contributed by atoms with Crippen LogP contribution in [-0.4, -0.2) is 36.2 Å². The summed E-state index contributed by atoms with van der Waals surface area (Å²) in [5.74, 6) is 1.55. The van der Waals surface area contributed by atoms with Crippen LogP contribution in [0, 0.1) is 5.92 Å². The third-order valence-electron chi connectivity index (χ3n) is 4.15. The average molecular weight is 278 g/mol. The van der Waals surface area contributed by atoms with Crippen molar-refractivity contribution in [1.82, 2.24) is 4.90 Å². The molecule has 112 valence electrons. The first-order valence-corrected chi connectivity index (χ1v) is 7.55. The van der Waals surface area contributed by atoms with Crippen molar-refractivity contribution in [3.63, 3.8) is 0 Å². The maximum absolute atomic E-state index is 9.80. The second-order valence-electron chi connectivity index (χ2n) is 5.63. The molecule has 1 atom stereocenters. The number of benzene rings is 1. The van der Waals surface area contributed by atoms with Gasteiger partial charge in [-0.1, -0.05) is 13.0 Å². The van der Waals surface area contributed by atoms with Crippen molar-refractivity contribution in [3.8, 4) is 11.5 Å². The van der Waals surface area contributed by atoms with Gasteiger partial charge in [0.05, 0.1) is 6.61 Å². The number of hydrogen-bond acceptors (Lipinski definition) is 4. The summed E-state index contributed by atoms with van der Waals surface area (Å²) in [7, 11) is 0. The van der Waals surface area contributed by atoms with E-state index < -0.39 is 0 Å². The fraction of sp³-hybridized carbons (Fsp3) is 0.625. The molecule has 1 aromatic rings. The molecule has 3 N–H and O–H groups in total. The molecule has 0 aromatic heterocycles. The minimum Gasteiger partial charge on any atom is -0.504 e. The van der Waals surface area contributed by atoms with Crippen molar-refractivity contribution in [2.45, 2.75) is 32.7 Å². The molecule has 1 aliphatic heterocycles. The standard InChI is InChI=1S/C16H26N2O2/c1-3-20-16-10-13(4-5-15(16)19)14(11-17)18-8-6-12(2)7-9-18/h4-5,10,12,14,19H,3,6-9,11,17H2,1-2H3. The van der Waals surface area contributed by atoms with Gasteiger partial charge >= 0.3 is 0 Å². The molecular formula is C16H26N2O2. The van der Waals surface area contributed by atoms with E-state index in [1.807, 2.05) is 19.1 Å². The predicted molar refractivity (Wildman–Crippen MR) is 81.0 cm³/mol. The summed E-state index contributed by atoms with van der Waals surface area (Å²) in [5.41, 5.74) is 7.12. The van der Waals surface area contributed by atoms with Gasteiger partial charge in [-0.3, -0.25) is 4.90 Å². The van der Waals surface area contributed by atoms with E-state index in [0.29, 0.717) is 18.9 Å². The minimum atomic E-state index is 0.193. The Kier molecular flexibility index (Phi) is 5.26. The second-order valence-corrected chi connectivity index (χ2v) is 5.63. The summed E-state index contributed by atoms with van der Waals surface area (Å²) in [6.45, 7) is 7.54. The highest BCUT2D eigenvalue weighted by Crippen LogP contribution is 2.32. The average Bonchev–Trinajstić information content (AvgIpc) is 2.45. The fourth-order valence-electron chi connectivity index (χ4n) is 2.85. The molecule has 1 aliphatic rings. The number of ether oxygens (including phenoxy) is 1. The fourth-order valence-corrected chi connectivity index (χ4v) is 2.85. The molecule has 0 amide bonds. The van der Waals surface area contributed by atoms with Crippen LogP contribution in [0.2, 0.25) is 0 Å². The van der Waals surface area contributed by atoms with Crippen molar-refractivity contribution in [2.24, 2.45) is 11.7 Å². The van der Waals surface area contributed by atoms with Crippen LogP contribution < -0.4 is 10.5 Å². The number of likely N-dealkylation sites (tertiary alicyclic amines) is 1. The molecule has 4 heteroatoms. The smallest absolute Gasteiger partial charge is 0.161 e. The molecular weight excluding hydrogens is 252 g/mol. The molecule has 0 saturated carbocycles. The zero-order valence-electron chi connectivity index (χ0n) is 12.5. The third kappa shape index (κ3) is 3.44. The van der Waals surface area contributed by atoms with Gasteiger partial charge in [-0.05, 0) is 56.5 Å². The topological polar surface area (TPSA) is 58.7 Å². The van der Waals surface area contributed by atoms with Gasteiger partial charge in [0.15, 0.2) is 11.5 Å². The Balaban J connectivity index is 2.16. The van der Waals surface area contributed by atoms with E-state index in [4.69, 9.17) is 10.5 Å². The lowest BCUT2D eigenvalue weighted by molar-refractivity contribution is 0.141. The molecule has 1 aromatic carbocycles. The summed E-state index contributed by atoms with van der Waals surface area (Å²) < 4.78 is 5.47. The van der Waals surface area contributed by atoms with E-state index in [2.05, 4.69) is 11.8 Å². The van der Waals surface area contributed by atoms with E-state index in [1.165, 1.54) is 12.8 Å². The van der Waals surface area contributed by atoms with Crippen LogP contribution in [0.1, 0.15) is 38.3 Å². The first-order chi connectivity index (χ1) is 9.65. The molecule has 1 fully saturated rings. The Hall–Kier alpha value is -1.26. The van der Waals surface area contributed by atoms with Gasteiger partial charge in [0.1, 0.15) is 0 Å². The van der Waals surface area contributed by atoms with E-state index in [0.717, 1.165) is 24.6 Å². The number of rotatable bonds is 5.